The predicted molar refractivity (Wildman–Crippen MR) is 142 cm³/mol. The number of carbonyl (C=O) groups excluding carboxylic acids is 1. The zero-order chi connectivity index (χ0) is 30.8. The third-order valence-electron chi connectivity index (χ3n) is 5.33. The Morgan fingerprint density at radius 1 is 0.881 bits per heavy atom. The molecule has 0 saturated carbocycles. The number of carbonyl (C=O) groups is 1. The van der Waals surface area contributed by atoms with E-state index in [-0.39, 0.29) is 19.8 Å². The Morgan fingerprint density at radius 3 is 1.98 bits per heavy atom. The smallest absolute Gasteiger partial charge is 0.422 e. The molecule has 3 rings (SSSR count). The van der Waals surface area contributed by atoms with Gasteiger partial charge in [0.05, 0.1) is 25.2 Å². The molecule has 0 bridgehead atoms. The Morgan fingerprint density at radius 2 is 1.45 bits per heavy atom. The third kappa shape index (κ3) is 11.1. The van der Waals surface area contributed by atoms with Crippen LogP contribution >= 0.6 is 15.9 Å². The maximum absolute atomic E-state index is 14.0. The lowest BCUT2D eigenvalue weighted by atomic mass is 9.98. The van der Waals surface area contributed by atoms with Gasteiger partial charge in [-0.2, -0.15) is 36.3 Å². The van der Waals surface area contributed by atoms with Crippen LogP contribution in [0.1, 0.15) is 24.0 Å². The van der Waals surface area contributed by atoms with Crippen molar-refractivity contribution in [3.05, 3.63) is 76.3 Å². The second-order valence-corrected chi connectivity index (χ2v) is 9.56. The molecule has 0 fully saturated rings. The first kappa shape index (κ1) is 33.1. The zero-order valence-electron chi connectivity index (χ0n) is 22.1. The van der Waals surface area contributed by atoms with E-state index in [1.165, 1.54) is 0 Å². The molecule has 0 spiro atoms. The average Bonchev–Trinajstić information content (AvgIpc) is 2.94. The van der Waals surface area contributed by atoms with Crippen molar-refractivity contribution in [2.75, 3.05) is 38.1 Å². The number of rotatable bonds is 14. The molecule has 0 saturated heterocycles. The fourth-order valence-corrected chi connectivity index (χ4v) is 3.71. The predicted octanol–water partition coefficient (Wildman–Crippen LogP) is 6.45. The quantitative estimate of drug-likeness (QED) is 0.145. The highest BCUT2D eigenvalue weighted by Gasteiger charge is 2.33. The van der Waals surface area contributed by atoms with Crippen LogP contribution in [0, 0.1) is 0 Å². The minimum atomic E-state index is -4.78. The molecule has 0 aliphatic heterocycles. The number of aromatic nitrogens is 2. The summed E-state index contributed by atoms with van der Waals surface area (Å²) in [4.78, 5) is 22.6. The molecular formula is C27H26BrF6N3O5. The van der Waals surface area contributed by atoms with Gasteiger partial charge in [0.25, 0.3) is 0 Å². The molecule has 1 aromatic heterocycles. The molecule has 0 aliphatic rings. The van der Waals surface area contributed by atoms with E-state index >= 15 is 0 Å². The summed E-state index contributed by atoms with van der Waals surface area (Å²) in [6.45, 7) is -2.22. The number of alkyl halides is 6. The van der Waals surface area contributed by atoms with Crippen LogP contribution in [0.5, 0.6) is 11.8 Å². The van der Waals surface area contributed by atoms with Gasteiger partial charge in [0, 0.05) is 11.1 Å². The Labute approximate surface area is 245 Å². The van der Waals surface area contributed by atoms with Crippen LogP contribution in [0.25, 0.3) is 0 Å². The van der Waals surface area contributed by atoms with Crippen LogP contribution in [0.2, 0.25) is 0 Å². The summed E-state index contributed by atoms with van der Waals surface area (Å²) in [6.07, 6.45) is -9.56. The van der Waals surface area contributed by atoms with Gasteiger partial charge in [0.2, 0.25) is 23.6 Å². The number of ether oxygens (including phenoxy) is 4. The van der Waals surface area contributed by atoms with Gasteiger partial charge in [-0.1, -0.05) is 58.4 Å². The summed E-state index contributed by atoms with van der Waals surface area (Å²) in [6, 6.07) is 16.2. The normalized spacial score (nSPS) is 12.6. The molecule has 1 amide bonds. The summed E-state index contributed by atoms with van der Waals surface area (Å²) in [7, 11) is 0. The van der Waals surface area contributed by atoms with E-state index < -0.39 is 61.8 Å². The Kier molecular flexibility index (Phi) is 11.9. The van der Waals surface area contributed by atoms with Crippen molar-refractivity contribution in [1.82, 2.24) is 9.97 Å². The number of hydrogen-bond donors (Lipinski definition) is 0. The van der Waals surface area contributed by atoms with E-state index in [9.17, 15) is 31.1 Å². The highest BCUT2D eigenvalue weighted by molar-refractivity contribution is 9.10. The van der Waals surface area contributed by atoms with Gasteiger partial charge < -0.3 is 18.9 Å². The second-order valence-electron chi connectivity index (χ2n) is 8.65. The molecule has 3 aromatic rings. The van der Waals surface area contributed by atoms with Crippen molar-refractivity contribution >= 4 is 27.8 Å². The van der Waals surface area contributed by atoms with Gasteiger partial charge in [-0.05, 0) is 30.2 Å². The molecule has 0 radical (unpaired) electrons. The van der Waals surface area contributed by atoms with E-state index in [1.54, 1.807) is 61.5 Å². The van der Waals surface area contributed by atoms with Gasteiger partial charge in [-0.15, -0.1) is 0 Å². The Hall–Kier alpha value is -3.43. The summed E-state index contributed by atoms with van der Waals surface area (Å²) < 4.78 is 98.4. The third-order valence-corrected chi connectivity index (χ3v) is 5.86. The lowest BCUT2D eigenvalue weighted by Crippen LogP contribution is -2.40. The second kappa shape index (κ2) is 15.2. The number of benzene rings is 2. The van der Waals surface area contributed by atoms with E-state index in [4.69, 9.17) is 9.47 Å². The topological polar surface area (TPSA) is 83.0 Å². The highest BCUT2D eigenvalue weighted by Crippen LogP contribution is 2.28. The Balaban J connectivity index is 2.02. The first-order chi connectivity index (χ1) is 19.8. The lowest BCUT2D eigenvalue weighted by molar-refractivity contribution is -0.154. The first-order valence-electron chi connectivity index (χ1n) is 12.4. The maximum atomic E-state index is 14.0. The van der Waals surface area contributed by atoms with Crippen molar-refractivity contribution in [2.24, 2.45) is 0 Å². The van der Waals surface area contributed by atoms with Crippen molar-refractivity contribution < 1.29 is 50.1 Å². The van der Waals surface area contributed by atoms with Crippen LogP contribution < -0.4 is 14.4 Å². The van der Waals surface area contributed by atoms with Gasteiger partial charge >= 0.3 is 12.4 Å². The minimum Gasteiger partial charge on any atom is -0.468 e. The van der Waals surface area contributed by atoms with Crippen LogP contribution in [-0.4, -0.2) is 61.4 Å². The molecular weight excluding hydrogens is 640 g/mol. The maximum Gasteiger partial charge on any atom is 0.422 e. The molecule has 0 aliphatic carbocycles. The van der Waals surface area contributed by atoms with Crippen LogP contribution in [0.3, 0.4) is 0 Å². The van der Waals surface area contributed by atoms with Crippen molar-refractivity contribution in [2.45, 2.75) is 31.8 Å². The van der Waals surface area contributed by atoms with Gasteiger partial charge in [-0.25, -0.2) is 0 Å². The van der Waals surface area contributed by atoms with Crippen LogP contribution in [-0.2, 0) is 20.9 Å². The number of nitrogens with zero attached hydrogens (tertiary/aromatic N) is 3. The largest absolute Gasteiger partial charge is 0.468 e. The molecule has 2 aromatic carbocycles. The summed E-state index contributed by atoms with van der Waals surface area (Å²) in [5, 5.41) is 0. The summed E-state index contributed by atoms with van der Waals surface area (Å²) in [5.74, 6) is -3.79. The summed E-state index contributed by atoms with van der Waals surface area (Å²) >= 11 is 3.32. The van der Waals surface area contributed by atoms with Crippen molar-refractivity contribution in [3.63, 3.8) is 0 Å². The van der Waals surface area contributed by atoms with Gasteiger partial charge in [-0.3, -0.25) is 9.69 Å². The van der Waals surface area contributed by atoms with Gasteiger partial charge in [0.15, 0.2) is 13.2 Å². The number of halogens is 7. The molecule has 228 valence electrons. The molecule has 42 heavy (non-hydrogen) atoms. The van der Waals surface area contributed by atoms with Crippen molar-refractivity contribution in [3.8, 4) is 11.8 Å². The number of amides is 1. The van der Waals surface area contributed by atoms with E-state index in [0.29, 0.717) is 11.6 Å². The monoisotopic (exact) mass is 665 g/mol. The minimum absolute atomic E-state index is 0.0146. The van der Waals surface area contributed by atoms with Crippen LogP contribution in [0.4, 0.5) is 32.3 Å². The van der Waals surface area contributed by atoms with Gasteiger partial charge in [0.1, 0.15) is 6.73 Å². The van der Waals surface area contributed by atoms with E-state index in [1.807, 2.05) is 0 Å². The highest BCUT2D eigenvalue weighted by atomic mass is 79.9. The van der Waals surface area contributed by atoms with E-state index in [0.717, 1.165) is 14.9 Å². The van der Waals surface area contributed by atoms with E-state index in [2.05, 4.69) is 35.4 Å². The molecule has 8 nitrogen and oxygen atoms in total. The van der Waals surface area contributed by atoms with Crippen molar-refractivity contribution in [1.29, 1.82) is 0 Å². The molecule has 1 heterocycles. The molecule has 0 N–H and O–H groups in total. The first-order valence-corrected chi connectivity index (χ1v) is 13.2. The van der Waals surface area contributed by atoms with Crippen LogP contribution in [0.15, 0.2) is 65.1 Å². The fourth-order valence-electron chi connectivity index (χ4n) is 3.45. The number of hydrogen-bond acceptors (Lipinski definition) is 7. The SMILES string of the molecule is CCOC[C@H](C(=O)N(COCc1ccccc1)c1nc(OCC(F)(F)F)cc(OCC(F)(F)F)n1)c1ccc(Br)cc1. The zero-order valence-corrected chi connectivity index (χ0v) is 23.7. The average molecular weight is 666 g/mol. The molecule has 1 atom stereocenters. The Bertz CT molecular complexity index is 1240. The molecule has 15 heteroatoms. The fraction of sp³-hybridized carbons (Fsp3) is 0.370. The standard InChI is InChI=1S/C27H26BrF6N3O5/c1-2-39-14-21(19-8-10-20(28)11-9-19)24(38)37(17-40-13-18-6-4-3-5-7-18)25-35-22(41-15-26(29,30)31)12-23(36-25)42-16-27(32,33)34/h3-12,21H,2,13-17H2,1H3/t21-/m0/s1. The lowest BCUT2D eigenvalue weighted by Gasteiger charge is -2.26. The molecule has 0 unspecified atom stereocenters. The number of anilines is 1. The summed E-state index contributed by atoms with van der Waals surface area (Å²) in [5.41, 5.74) is 1.25.